The molecule has 0 fully saturated rings. The Bertz CT molecular complexity index is 597. The molecule has 2 rings (SSSR count). The Morgan fingerprint density at radius 3 is 2.37 bits per heavy atom. The molecule has 0 saturated heterocycles. The molecule has 0 aliphatic rings. The van der Waals surface area contributed by atoms with E-state index < -0.39 is 12.1 Å². The zero-order valence-electron chi connectivity index (χ0n) is 9.61. The van der Waals surface area contributed by atoms with Crippen molar-refractivity contribution >= 4 is 5.69 Å². The molecule has 0 spiro atoms. The van der Waals surface area contributed by atoms with E-state index in [4.69, 9.17) is 5.73 Å². The standard InChI is InChI=1S/C13H10F3NO2/c14-13(15,16)19-12-6-9(5-11(18)7-12)8-2-1-3-10(17)4-8/h1-7,18H,17H2. The van der Waals surface area contributed by atoms with Gasteiger partial charge >= 0.3 is 6.36 Å². The molecular formula is C13H10F3NO2. The van der Waals surface area contributed by atoms with Crippen LogP contribution in [-0.4, -0.2) is 11.5 Å². The molecule has 2 aromatic carbocycles. The van der Waals surface area contributed by atoms with E-state index in [0.717, 1.165) is 6.07 Å². The molecule has 3 nitrogen and oxygen atoms in total. The van der Waals surface area contributed by atoms with Gasteiger partial charge in [-0.05, 0) is 35.4 Å². The summed E-state index contributed by atoms with van der Waals surface area (Å²) in [4.78, 5) is 0. The Morgan fingerprint density at radius 1 is 1.00 bits per heavy atom. The van der Waals surface area contributed by atoms with E-state index >= 15 is 0 Å². The molecule has 19 heavy (non-hydrogen) atoms. The summed E-state index contributed by atoms with van der Waals surface area (Å²) in [5.41, 5.74) is 7.04. The van der Waals surface area contributed by atoms with E-state index in [9.17, 15) is 18.3 Å². The molecule has 6 heteroatoms. The lowest BCUT2D eigenvalue weighted by Gasteiger charge is -2.11. The fourth-order valence-electron chi connectivity index (χ4n) is 1.66. The van der Waals surface area contributed by atoms with Gasteiger partial charge in [0.1, 0.15) is 11.5 Å². The third kappa shape index (κ3) is 3.54. The van der Waals surface area contributed by atoms with E-state index in [0.29, 0.717) is 16.8 Å². The maximum Gasteiger partial charge on any atom is 0.573 e. The average molecular weight is 269 g/mol. The smallest absolute Gasteiger partial charge is 0.508 e. The molecule has 0 amide bonds. The molecule has 2 aromatic rings. The number of phenolic OH excluding ortho intramolecular Hbond substituents is 1. The van der Waals surface area contributed by atoms with Gasteiger partial charge in [-0.15, -0.1) is 13.2 Å². The SMILES string of the molecule is Nc1cccc(-c2cc(O)cc(OC(F)(F)F)c2)c1. The van der Waals surface area contributed by atoms with E-state index in [1.54, 1.807) is 24.3 Å². The summed E-state index contributed by atoms with van der Waals surface area (Å²) < 4.78 is 40.2. The summed E-state index contributed by atoms with van der Waals surface area (Å²) in [6.45, 7) is 0. The van der Waals surface area contributed by atoms with E-state index in [1.807, 2.05) is 0 Å². The van der Waals surface area contributed by atoms with Crippen LogP contribution in [0, 0.1) is 0 Å². The third-order valence-electron chi connectivity index (χ3n) is 2.34. The Hall–Kier alpha value is -2.37. The van der Waals surface area contributed by atoms with Crippen molar-refractivity contribution in [3.8, 4) is 22.6 Å². The van der Waals surface area contributed by atoms with Gasteiger partial charge in [-0.25, -0.2) is 0 Å². The van der Waals surface area contributed by atoms with Gasteiger partial charge in [0.05, 0.1) is 0 Å². The van der Waals surface area contributed by atoms with Gasteiger partial charge in [0.2, 0.25) is 0 Å². The van der Waals surface area contributed by atoms with Crippen molar-refractivity contribution in [1.82, 2.24) is 0 Å². The van der Waals surface area contributed by atoms with Crippen LogP contribution in [-0.2, 0) is 0 Å². The van der Waals surface area contributed by atoms with Crippen LogP contribution in [0.15, 0.2) is 42.5 Å². The Kier molecular flexibility index (Phi) is 3.25. The molecule has 0 aliphatic carbocycles. The van der Waals surface area contributed by atoms with Gasteiger partial charge < -0.3 is 15.6 Å². The van der Waals surface area contributed by atoms with Gasteiger partial charge in [0.15, 0.2) is 0 Å². The van der Waals surface area contributed by atoms with Crippen LogP contribution >= 0.6 is 0 Å². The van der Waals surface area contributed by atoms with Crippen LogP contribution in [0.3, 0.4) is 0 Å². The Morgan fingerprint density at radius 2 is 1.74 bits per heavy atom. The molecule has 0 heterocycles. The highest BCUT2D eigenvalue weighted by molar-refractivity contribution is 5.70. The predicted octanol–water partition coefficient (Wildman–Crippen LogP) is 3.54. The van der Waals surface area contributed by atoms with Crippen LogP contribution in [0.4, 0.5) is 18.9 Å². The number of benzene rings is 2. The van der Waals surface area contributed by atoms with Gasteiger partial charge in [-0.2, -0.15) is 0 Å². The quantitative estimate of drug-likeness (QED) is 0.820. The lowest BCUT2D eigenvalue weighted by atomic mass is 10.0. The fourth-order valence-corrected chi connectivity index (χ4v) is 1.66. The summed E-state index contributed by atoms with van der Waals surface area (Å²) in [5, 5.41) is 9.44. The van der Waals surface area contributed by atoms with Crippen LogP contribution in [0.5, 0.6) is 11.5 Å². The summed E-state index contributed by atoms with van der Waals surface area (Å²) in [6, 6.07) is 9.98. The topological polar surface area (TPSA) is 55.5 Å². The van der Waals surface area contributed by atoms with Crippen molar-refractivity contribution in [2.45, 2.75) is 6.36 Å². The van der Waals surface area contributed by atoms with Crippen molar-refractivity contribution in [2.24, 2.45) is 0 Å². The number of hydrogen-bond donors (Lipinski definition) is 2. The fraction of sp³-hybridized carbons (Fsp3) is 0.0769. The van der Waals surface area contributed by atoms with Crippen molar-refractivity contribution in [1.29, 1.82) is 0 Å². The number of halogens is 3. The maximum absolute atomic E-state index is 12.1. The Balaban J connectivity index is 2.42. The van der Waals surface area contributed by atoms with Crippen molar-refractivity contribution < 1.29 is 23.0 Å². The highest BCUT2D eigenvalue weighted by atomic mass is 19.4. The number of ether oxygens (including phenoxy) is 1. The molecule has 0 aromatic heterocycles. The summed E-state index contributed by atoms with van der Waals surface area (Å²) >= 11 is 0. The molecular weight excluding hydrogens is 259 g/mol. The first-order valence-corrected chi connectivity index (χ1v) is 5.29. The number of hydrogen-bond acceptors (Lipinski definition) is 3. The lowest BCUT2D eigenvalue weighted by molar-refractivity contribution is -0.274. The highest BCUT2D eigenvalue weighted by Crippen LogP contribution is 2.32. The molecule has 3 N–H and O–H groups in total. The van der Waals surface area contributed by atoms with E-state index in [2.05, 4.69) is 4.74 Å². The van der Waals surface area contributed by atoms with Gasteiger partial charge in [-0.3, -0.25) is 0 Å². The minimum atomic E-state index is -4.80. The number of rotatable bonds is 2. The van der Waals surface area contributed by atoms with Gasteiger partial charge in [0, 0.05) is 11.8 Å². The molecule has 0 radical (unpaired) electrons. The van der Waals surface area contributed by atoms with Crippen LogP contribution < -0.4 is 10.5 Å². The van der Waals surface area contributed by atoms with E-state index in [-0.39, 0.29) is 5.75 Å². The van der Waals surface area contributed by atoms with E-state index in [1.165, 1.54) is 12.1 Å². The molecule has 0 saturated carbocycles. The number of phenols is 1. The maximum atomic E-state index is 12.1. The zero-order valence-corrected chi connectivity index (χ0v) is 9.61. The number of nitrogens with two attached hydrogens (primary N) is 1. The third-order valence-corrected chi connectivity index (χ3v) is 2.34. The molecule has 0 unspecified atom stereocenters. The average Bonchev–Trinajstić information content (AvgIpc) is 2.25. The second-order valence-electron chi connectivity index (χ2n) is 3.89. The summed E-state index contributed by atoms with van der Waals surface area (Å²) in [5.74, 6) is -0.802. The molecule has 100 valence electrons. The monoisotopic (exact) mass is 269 g/mol. The number of alkyl halides is 3. The molecule has 0 bridgehead atoms. The first-order chi connectivity index (χ1) is 8.83. The predicted molar refractivity (Wildman–Crippen MR) is 64.6 cm³/mol. The highest BCUT2D eigenvalue weighted by Gasteiger charge is 2.31. The first kappa shape index (κ1) is 13.1. The summed E-state index contributed by atoms with van der Waals surface area (Å²) in [6.07, 6.45) is -4.80. The lowest BCUT2D eigenvalue weighted by Crippen LogP contribution is -2.17. The molecule has 0 atom stereocenters. The Labute approximate surface area is 107 Å². The van der Waals surface area contributed by atoms with Crippen molar-refractivity contribution in [3.63, 3.8) is 0 Å². The minimum absolute atomic E-state index is 0.320. The second-order valence-corrected chi connectivity index (χ2v) is 3.89. The van der Waals surface area contributed by atoms with Crippen molar-refractivity contribution in [3.05, 3.63) is 42.5 Å². The summed E-state index contributed by atoms with van der Waals surface area (Å²) in [7, 11) is 0. The number of aromatic hydroxyl groups is 1. The minimum Gasteiger partial charge on any atom is -0.508 e. The second kappa shape index (κ2) is 4.72. The van der Waals surface area contributed by atoms with Crippen molar-refractivity contribution in [2.75, 3.05) is 5.73 Å². The zero-order chi connectivity index (χ0) is 14.0. The first-order valence-electron chi connectivity index (χ1n) is 5.29. The van der Waals surface area contributed by atoms with Crippen LogP contribution in [0.1, 0.15) is 0 Å². The van der Waals surface area contributed by atoms with Crippen LogP contribution in [0.2, 0.25) is 0 Å². The van der Waals surface area contributed by atoms with Crippen LogP contribution in [0.25, 0.3) is 11.1 Å². The normalized spacial score (nSPS) is 11.3. The van der Waals surface area contributed by atoms with Gasteiger partial charge in [-0.1, -0.05) is 12.1 Å². The number of anilines is 1. The number of nitrogen functional groups attached to an aromatic ring is 1. The largest absolute Gasteiger partial charge is 0.573 e. The van der Waals surface area contributed by atoms with Gasteiger partial charge in [0.25, 0.3) is 0 Å². The molecule has 0 aliphatic heterocycles.